The van der Waals surface area contributed by atoms with Gasteiger partial charge in [-0.15, -0.1) is 0 Å². The van der Waals surface area contributed by atoms with Gasteiger partial charge in [0.1, 0.15) is 5.75 Å². The average molecular weight is 426 g/mol. The fourth-order valence-electron chi connectivity index (χ4n) is 4.33. The summed E-state index contributed by atoms with van der Waals surface area (Å²) in [5.74, 6) is -2.81. The second kappa shape index (κ2) is 7.50. The highest BCUT2D eigenvalue weighted by Gasteiger charge is 2.54. The number of aromatic amines is 1. The minimum atomic E-state index is -5.12. The molecule has 1 aromatic carbocycles. The van der Waals surface area contributed by atoms with Gasteiger partial charge in [0.2, 0.25) is 0 Å². The summed E-state index contributed by atoms with van der Waals surface area (Å²) in [5, 5.41) is 0.720. The molecule has 0 radical (unpaired) electrons. The van der Waals surface area contributed by atoms with Crippen LogP contribution in [0.3, 0.4) is 0 Å². The Hall–Kier alpha value is -2.75. The Morgan fingerprint density at radius 3 is 2.73 bits per heavy atom. The van der Waals surface area contributed by atoms with E-state index >= 15 is 0 Å². The second-order valence-electron chi connectivity index (χ2n) is 7.36. The summed E-state index contributed by atoms with van der Waals surface area (Å²) in [6, 6.07) is 4.29. The first kappa shape index (κ1) is 20.5. The first-order chi connectivity index (χ1) is 14.3. The number of halogens is 3. The summed E-state index contributed by atoms with van der Waals surface area (Å²) in [6.07, 6.45) is -5.30. The van der Waals surface area contributed by atoms with Crippen molar-refractivity contribution >= 4 is 22.8 Å². The Morgan fingerprint density at radius 2 is 2.07 bits per heavy atom. The van der Waals surface area contributed by atoms with E-state index in [2.05, 4.69) is 4.98 Å². The van der Waals surface area contributed by atoms with Gasteiger partial charge in [0, 0.05) is 29.1 Å². The normalized spacial score (nSPS) is 25.1. The third-order valence-electron chi connectivity index (χ3n) is 5.55. The van der Waals surface area contributed by atoms with Crippen LogP contribution in [0.4, 0.5) is 13.2 Å². The van der Waals surface area contributed by atoms with Crippen molar-refractivity contribution in [2.24, 2.45) is 0 Å². The van der Waals surface area contributed by atoms with Gasteiger partial charge in [-0.25, -0.2) is 14.5 Å². The summed E-state index contributed by atoms with van der Waals surface area (Å²) in [6.45, 7) is 2.32. The molecule has 7 nitrogen and oxygen atoms in total. The Bertz CT molecular complexity index is 987. The SMILES string of the molecule is CCCOC(=O)C1c2[nH]c3ccc(OC)cc3c2C2CCN1C2OC(=O)C(F)(F)F. The number of nitrogens with one attached hydrogen (secondary N) is 1. The van der Waals surface area contributed by atoms with Crippen molar-refractivity contribution in [1.82, 2.24) is 9.88 Å². The second-order valence-corrected chi connectivity index (χ2v) is 7.36. The molecule has 0 amide bonds. The Kier molecular flexibility index (Phi) is 5.13. The standard InChI is InChI=1S/C20H21F3N2O5/c1-3-8-29-18(26)16-15-14(12-9-10(28-2)4-5-13(12)24-15)11-6-7-25(16)17(11)30-19(27)20(21,22)23/h4-5,9,11,16-17,24H,3,6-8H2,1-2H3. The number of hydrogen-bond acceptors (Lipinski definition) is 6. The van der Waals surface area contributed by atoms with E-state index in [4.69, 9.17) is 14.2 Å². The van der Waals surface area contributed by atoms with Gasteiger partial charge in [0.15, 0.2) is 12.3 Å². The first-order valence-corrected chi connectivity index (χ1v) is 9.66. The van der Waals surface area contributed by atoms with E-state index in [1.165, 1.54) is 12.0 Å². The Balaban J connectivity index is 1.82. The van der Waals surface area contributed by atoms with E-state index in [9.17, 15) is 22.8 Å². The highest BCUT2D eigenvalue weighted by atomic mass is 19.4. The van der Waals surface area contributed by atoms with Gasteiger partial charge >= 0.3 is 18.1 Å². The fraction of sp³-hybridized carbons (Fsp3) is 0.500. The number of nitrogens with zero attached hydrogens (tertiary/aromatic N) is 1. The lowest BCUT2D eigenvalue weighted by Gasteiger charge is -2.37. The molecule has 1 saturated heterocycles. The molecule has 4 atom stereocenters. The van der Waals surface area contributed by atoms with E-state index in [1.807, 2.05) is 6.92 Å². The van der Waals surface area contributed by atoms with E-state index in [0.717, 1.165) is 5.39 Å². The van der Waals surface area contributed by atoms with Crippen molar-refractivity contribution in [3.63, 3.8) is 0 Å². The minimum Gasteiger partial charge on any atom is -0.497 e. The number of fused-ring (bicyclic) bond motifs is 6. The van der Waals surface area contributed by atoms with Crippen LogP contribution in [-0.2, 0) is 19.1 Å². The highest BCUT2D eigenvalue weighted by molar-refractivity contribution is 5.90. The third-order valence-corrected chi connectivity index (χ3v) is 5.55. The van der Waals surface area contributed by atoms with Crippen LogP contribution in [0.1, 0.15) is 43.0 Å². The summed E-state index contributed by atoms with van der Waals surface area (Å²) < 4.78 is 54.1. The van der Waals surface area contributed by atoms with Crippen LogP contribution in [-0.4, -0.2) is 54.5 Å². The van der Waals surface area contributed by atoms with E-state index < -0.39 is 36.3 Å². The number of carbonyl (C=O) groups is 2. The molecule has 1 N–H and O–H groups in total. The zero-order valence-electron chi connectivity index (χ0n) is 16.4. The van der Waals surface area contributed by atoms with Crippen molar-refractivity contribution in [1.29, 1.82) is 0 Å². The molecule has 10 heteroatoms. The van der Waals surface area contributed by atoms with Gasteiger partial charge < -0.3 is 19.2 Å². The van der Waals surface area contributed by atoms with Crippen LogP contribution >= 0.6 is 0 Å². The van der Waals surface area contributed by atoms with Gasteiger partial charge in [-0.2, -0.15) is 13.2 Å². The van der Waals surface area contributed by atoms with Crippen LogP contribution < -0.4 is 4.74 Å². The number of H-pyrrole nitrogens is 1. The molecule has 30 heavy (non-hydrogen) atoms. The number of benzene rings is 1. The molecule has 1 fully saturated rings. The smallest absolute Gasteiger partial charge is 0.490 e. The molecule has 162 valence electrons. The Labute approximate surface area is 170 Å². The number of alkyl halides is 3. The molecule has 2 aliphatic rings. The number of methoxy groups -OCH3 is 1. The lowest BCUT2D eigenvalue weighted by molar-refractivity contribution is -0.215. The number of hydrogen-bond donors (Lipinski definition) is 1. The molecular weight excluding hydrogens is 405 g/mol. The molecule has 2 aliphatic heterocycles. The van der Waals surface area contributed by atoms with Crippen molar-refractivity contribution in [2.75, 3.05) is 20.3 Å². The van der Waals surface area contributed by atoms with E-state index in [0.29, 0.717) is 41.9 Å². The zero-order valence-corrected chi connectivity index (χ0v) is 16.4. The molecule has 2 bridgehead atoms. The zero-order chi connectivity index (χ0) is 21.6. The fourth-order valence-corrected chi connectivity index (χ4v) is 4.33. The molecule has 0 aliphatic carbocycles. The maximum absolute atomic E-state index is 12.9. The van der Waals surface area contributed by atoms with Crippen LogP contribution in [0.5, 0.6) is 5.75 Å². The quantitative estimate of drug-likeness (QED) is 0.739. The highest BCUT2D eigenvalue weighted by Crippen LogP contribution is 2.50. The van der Waals surface area contributed by atoms with Gasteiger partial charge in [-0.3, -0.25) is 0 Å². The minimum absolute atomic E-state index is 0.184. The molecule has 0 spiro atoms. The first-order valence-electron chi connectivity index (χ1n) is 9.66. The van der Waals surface area contributed by atoms with E-state index in [-0.39, 0.29) is 6.61 Å². The summed E-state index contributed by atoms with van der Waals surface area (Å²) in [5.41, 5.74) is 1.93. The largest absolute Gasteiger partial charge is 0.497 e. The number of aromatic nitrogens is 1. The molecule has 0 saturated carbocycles. The number of ether oxygens (including phenoxy) is 3. The third kappa shape index (κ3) is 3.28. The molecular formula is C20H21F3N2O5. The van der Waals surface area contributed by atoms with Crippen LogP contribution in [0.25, 0.3) is 10.9 Å². The van der Waals surface area contributed by atoms with Crippen molar-refractivity contribution in [3.8, 4) is 5.75 Å². The lowest BCUT2D eigenvalue weighted by atomic mass is 9.89. The topological polar surface area (TPSA) is 80.9 Å². The molecule has 4 rings (SSSR count). The predicted octanol–water partition coefficient (Wildman–Crippen LogP) is 3.41. The van der Waals surface area contributed by atoms with Crippen molar-refractivity contribution < 1.29 is 37.0 Å². The van der Waals surface area contributed by atoms with Crippen LogP contribution in [0.15, 0.2) is 18.2 Å². The number of carbonyl (C=O) groups excluding carboxylic acids is 2. The maximum Gasteiger partial charge on any atom is 0.490 e. The monoisotopic (exact) mass is 426 g/mol. The average Bonchev–Trinajstić information content (AvgIpc) is 3.22. The molecule has 3 heterocycles. The summed E-state index contributed by atoms with van der Waals surface area (Å²) >= 11 is 0. The number of rotatable bonds is 5. The molecule has 4 unspecified atom stereocenters. The van der Waals surface area contributed by atoms with Gasteiger partial charge in [0.05, 0.1) is 13.7 Å². The van der Waals surface area contributed by atoms with Crippen LogP contribution in [0, 0.1) is 0 Å². The number of esters is 2. The van der Waals surface area contributed by atoms with Crippen molar-refractivity contribution in [3.05, 3.63) is 29.5 Å². The van der Waals surface area contributed by atoms with Gasteiger partial charge in [0.25, 0.3) is 0 Å². The lowest BCUT2D eigenvalue weighted by Crippen LogP contribution is -2.47. The summed E-state index contributed by atoms with van der Waals surface area (Å²) in [4.78, 5) is 29.2. The van der Waals surface area contributed by atoms with E-state index in [1.54, 1.807) is 18.2 Å². The summed E-state index contributed by atoms with van der Waals surface area (Å²) in [7, 11) is 1.51. The van der Waals surface area contributed by atoms with Crippen LogP contribution in [0.2, 0.25) is 0 Å². The molecule has 1 aromatic heterocycles. The predicted molar refractivity (Wildman–Crippen MR) is 98.8 cm³/mol. The van der Waals surface area contributed by atoms with Gasteiger partial charge in [-0.05, 0) is 36.6 Å². The Morgan fingerprint density at radius 1 is 1.30 bits per heavy atom. The van der Waals surface area contributed by atoms with Crippen molar-refractivity contribution in [2.45, 2.75) is 44.1 Å². The maximum atomic E-state index is 12.9. The molecule has 2 aromatic rings. The van der Waals surface area contributed by atoms with Gasteiger partial charge in [-0.1, -0.05) is 6.92 Å².